The van der Waals surface area contributed by atoms with Crippen LogP contribution in [0.4, 0.5) is 15.8 Å². The fourth-order valence-electron chi connectivity index (χ4n) is 1.41. The molecule has 1 aromatic carbocycles. The van der Waals surface area contributed by atoms with Gasteiger partial charge in [-0.05, 0) is 13.0 Å². The molecule has 0 aliphatic heterocycles. The first-order valence-corrected chi connectivity index (χ1v) is 5.32. The molecular formula is C12H11FN2O4. The highest BCUT2D eigenvalue weighted by Gasteiger charge is 2.23. The Labute approximate surface area is 108 Å². The van der Waals surface area contributed by atoms with Gasteiger partial charge in [0.05, 0.1) is 16.7 Å². The summed E-state index contributed by atoms with van der Waals surface area (Å²) in [5, 5.41) is 22.1. The van der Waals surface area contributed by atoms with Crippen LogP contribution >= 0.6 is 0 Å². The molecule has 0 saturated heterocycles. The number of benzene rings is 1. The Kier molecular flexibility index (Phi) is 4.83. The smallest absolute Gasteiger partial charge is 0.342 e. The Morgan fingerprint density at radius 1 is 1.58 bits per heavy atom. The SMILES string of the molecule is CC#CCCNc1cc(C(=O)O)c([N+](=O)[O-])cc1F. The number of carbonyl (C=O) groups is 1. The number of aromatic carboxylic acids is 1. The van der Waals surface area contributed by atoms with E-state index in [1.807, 2.05) is 0 Å². The van der Waals surface area contributed by atoms with E-state index in [-0.39, 0.29) is 5.69 Å². The van der Waals surface area contributed by atoms with E-state index in [9.17, 15) is 19.3 Å². The average Bonchev–Trinajstić information content (AvgIpc) is 2.35. The molecule has 0 bridgehead atoms. The monoisotopic (exact) mass is 266 g/mol. The second-order valence-electron chi connectivity index (χ2n) is 3.52. The van der Waals surface area contributed by atoms with Crippen molar-refractivity contribution >= 4 is 17.3 Å². The van der Waals surface area contributed by atoms with Crippen LogP contribution in [0, 0.1) is 27.8 Å². The summed E-state index contributed by atoms with van der Waals surface area (Å²) in [4.78, 5) is 20.6. The van der Waals surface area contributed by atoms with Crippen molar-refractivity contribution in [2.45, 2.75) is 13.3 Å². The molecule has 6 nitrogen and oxygen atoms in total. The van der Waals surface area contributed by atoms with E-state index in [1.54, 1.807) is 6.92 Å². The Bertz CT molecular complexity index is 575. The van der Waals surface area contributed by atoms with Crippen molar-refractivity contribution in [1.82, 2.24) is 0 Å². The van der Waals surface area contributed by atoms with Gasteiger partial charge in [-0.1, -0.05) is 0 Å². The van der Waals surface area contributed by atoms with Crippen molar-refractivity contribution in [3.05, 3.63) is 33.6 Å². The number of hydrogen-bond donors (Lipinski definition) is 2. The number of halogens is 1. The molecule has 0 aromatic heterocycles. The normalized spacial score (nSPS) is 9.37. The summed E-state index contributed by atoms with van der Waals surface area (Å²) >= 11 is 0. The van der Waals surface area contributed by atoms with Gasteiger partial charge in [0, 0.05) is 13.0 Å². The zero-order chi connectivity index (χ0) is 14.4. The second kappa shape index (κ2) is 6.35. The maximum atomic E-state index is 13.6. The molecule has 0 heterocycles. The molecule has 19 heavy (non-hydrogen) atoms. The lowest BCUT2D eigenvalue weighted by Gasteiger charge is -2.07. The highest BCUT2D eigenvalue weighted by Crippen LogP contribution is 2.26. The van der Waals surface area contributed by atoms with Crippen LogP contribution in [0.2, 0.25) is 0 Å². The van der Waals surface area contributed by atoms with Gasteiger partial charge in [-0.2, -0.15) is 0 Å². The molecule has 0 amide bonds. The predicted octanol–water partition coefficient (Wildman–Crippen LogP) is 2.26. The summed E-state index contributed by atoms with van der Waals surface area (Å²) in [6.07, 6.45) is 0.454. The lowest BCUT2D eigenvalue weighted by Crippen LogP contribution is -2.08. The summed E-state index contributed by atoms with van der Waals surface area (Å²) < 4.78 is 13.6. The van der Waals surface area contributed by atoms with Crippen molar-refractivity contribution in [2.75, 3.05) is 11.9 Å². The molecule has 0 unspecified atom stereocenters. The first kappa shape index (κ1) is 14.4. The summed E-state index contributed by atoms with van der Waals surface area (Å²) in [6, 6.07) is 1.51. The molecule has 2 N–H and O–H groups in total. The lowest BCUT2D eigenvalue weighted by molar-refractivity contribution is -0.385. The van der Waals surface area contributed by atoms with Crippen molar-refractivity contribution in [3.63, 3.8) is 0 Å². The molecule has 0 saturated carbocycles. The van der Waals surface area contributed by atoms with Crippen LogP contribution in [-0.2, 0) is 0 Å². The molecule has 0 radical (unpaired) electrons. The first-order valence-electron chi connectivity index (χ1n) is 5.32. The summed E-state index contributed by atoms with van der Waals surface area (Å²) in [5.74, 6) is 3.04. The van der Waals surface area contributed by atoms with E-state index in [4.69, 9.17) is 5.11 Å². The largest absolute Gasteiger partial charge is 0.477 e. The van der Waals surface area contributed by atoms with Gasteiger partial charge in [-0.25, -0.2) is 9.18 Å². The number of anilines is 1. The van der Waals surface area contributed by atoms with Gasteiger partial charge in [0.25, 0.3) is 5.69 Å². The first-order chi connectivity index (χ1) is 8.97. The fraction of sp³-hybridized carbons (Fsp3) is 0.250. The van der Waals surface area contributed by atoms with Gasteiger partial charge < -0.3 is 10.4 Å². The van der Waals surface area contributed by atoms with Crippen molar-refractivity contribution in [1.29, 1.82) is 0 Å². The van der Waals surface area contributed by atoms with Crippen LogP contribution in [0.3, 0.4) is 0 Å². The van der Waals surface area contributed by atoms with E-state index in [1.165, 1.54) is 0 Å². The Balaban J connectivity index is 3.06. The number of nitro benzene ring substituents is 1. The van der Waals surface area contributed by atoms with Gasteiger partial charge in [-0.3, -0.25) is 10.1 Å². The van der Waals surface area contributed by atoms with Crippen LogP contribution < -0.4 is 5.32 Å². The van der Waals surface area contributed by atoms with Gasteiger partial charge >= 0.3 is 5.97 Å². The second-order valence-corrected chi connectivity index (χ2v) is 3.52. The molecule has 0 fully saturated rings. The molecule has 0 aliphatic carbocycles. The van der Waals surface area contributed by atoms with Crippen molar-refractivity contribution in [3.8, 4) is 11.8 Å². The van der Waals surface area contributed by atoms with Crippen LogP contribution in [0.1, 0.15) is 23.7 Å². The van der Waals surface area contributed by atoms with Gasteiger partial charge in [0.2, 0.25) is 0 Å². The molecule has 100 valence electrons. The third-order valence-electron chi connectivity index (χ3n) is 2.25. The van der Waals surface area contributed by atoms with Crippen molar-refractivity contribution < 1.29 is 19.2 Å². The molecular weight excluding hydrogens is 255 g/mol. The molecule has 0 atom stereocenters. The number of hydrogen-bond acceptors (Lipinski definition) is 4. The standard InChI is InChI=1S/C12H11FN2O4/c1-2-3-4-5-14-10-6-8(12(16)17)11(15(18)19)7-9(10)13/h6-7,14H,4-5H2,1H3,(H,16,17). The van der Waals surface area contributed by atoms with Gasteiger partial charge in [-0.15, -0.1) is 11.8 Å². The number of nitrogens with one attached hydrogen (secondary N) is 1. The van der Waals surface area contributed by atoms with E-state index in [0.717, 1.165) is 6.07 Å². The Morgan fingerprint density at radius 2 is 2.26 bits per heavy atom. The van der Waals surface area contributed by atoms with E-state index in [0.29, 0.717) is 19.0 Å². The highest BCUT2D eigenvalue weighted by atomic mass is 19.1. The molecule has 0 spiro atoms. The number of carboxylic acids is 1. The Morgan fingerprint density at radius 3 is 2.79 bits per heavy atom. The zero-order valence-electron chi connectivity index (χ0n) is 10.1. The molecule has 1 rings (SSSR count). The van der Waals surface area contributed by atoms with Crippen LogP contribution in [0.5, 0.6) is 0 Å². The quantitative estimate of drug-likeness (QED) is 0.369. The lowest BCUT2D eigenvalue weighted by atomic mass is 10.1. The predicted molar refractivity (Wildman–Crippen MR) is 66.6 cm³/mol. The number of rotatable bonds is 5. The van der Waals surface area contributed by atoms with Crippen LogP contribution in [-0.4, -0.2) is 22.5 Å². The van der Waals surface area contributed by atoms with Gasteiger partial charge in [0.1, 0.15) is 5.56 Å². The fourth-order valence-corrected chi connectivity index (χ4v) is 1.41. The van der Waals surface area contributed by atoms with Crippen LogP contribution in [0.25, 0.3) is 0 Å². The molecule has 0 aliphatic rings. The maximum absolute atomic E-state index is 13.6. The topological polar surface area (TPSA) is 92.5 Å². The highest BCUT2D eigenvalue weighted by molar-refractivity contribution is 5.93. The number of nitro groups is 1. The van der Waals surface area contributed by atoms with Crippen LogP contribution in [0.15, 0.2) is 12.1 Å². The minimum atomic E-state index is -1.48. The molecule has 7 heteroatoms. The third kappa shape index (κ3) is 3.67. The number of nitrogens with zero attached hydrogens (tertiary/aromatic N) is 1. The van der Waals surface area contributed by atoms with E-state index < -0.39 is 28.0 Å². The van der Waals surface area contributed by atoms with Gasteiger partial charge in [0.15, 0.2) is 5.82 Å². The van der Waals surface area contributed by atoms with Crippen molar-refractivity contribution in [2.24, 2.45) is 0 Å². The maximum Gasteiger partial charge on any atom is 0.342 e. The Hall–Kier alpha value is -2.62. The summed E-state index contributed by atoms with van der Waals surface area (Å²) in [5.41, 5.74) is -1.43. The van der Waals surface area contributed by atoms with E-state index in [2.05, 4.69) is 17.2 Å². The summed E-state index contributed by atoms with van der Waals surface area (Å²) in [6.45, 7) is 1.98. The third-order valence-corrected chi connectivity index (χ3v) is 2.25. The van der Waals surface area contributed by atoms with E-state index >= 15 is 0 Å². The summed E-state index contributed by atoms with van der Waals surface area (Å²) in [7, 11) is 0. The molecule has 1 aromatic rings. The number of carboxylic acid groups (broad SMARTS) is 1. The average molecular weight is 266 g/mol. The zero-order valence-corrected chi connectivity index (χ0v) is 10.1. The minimum absolute atomic E-state index is 0.0964. The minimum Gasteiger partial charge on any atom is -0.477 e.